The summed E-state index contributed by atoms with van der Waals surface area (Å²) in [4.78, 5) is 4.26. The van der Waals surface area contributed by atoms with E-state index in [-0.39, 0.29) is 5.75 Å². The zero-order valence-corrected chi connectivity index (χ0v) is 9.45. The van der Waals surface area contributed by atoms with Gasteiger partial charge in [-0.1, -0.05) is 13.0 Å². The molecule has 74 valence electrons. The highest BCUT2D eigenvalue weighted by Crippen LogP contribution is 2.27. The number of aromatic nitrogens is 2. The minimum absolute atomic E-state index is 0.234. The van der Waals surface area contributed by atoms with Gasteiger partial charge in [0.1, 0.15) is 11.3 Å². The molecule has 0 radical (unpaired) electrons. The number of aromatic hydroxyl groups is 1. The summed E-state index contributed by atoms with van der Waals surface area (Å²) in [7, 11) is 0. The van der Waals surface area contributed by atoms with Gasteiger partial charge in [-0.25, -0.2) is 4.98 Å². The monoisotopic (exact) mass is 254 g/mol. The fraction of sp³-hybridized carbons (Fsp3) is 0.300. The van der Waals surface area contributed by atoms with Gasteiger partial charge >= 0.3 is 0 Å². The number of hydrogen-bond donors (Lipinski definition) is 1. The van der Waals surface area contributed by atoms with Gasteiger partial charge in [-0.2, -0.15) is 0 Å². The van der Waals surface area contributed by atoms with E-state index in [0.717, 1.165) is 23.2 Å². The maximum Gasteiger partial charge on any atom is 0.178 e. The van der Waals surface area contributed by atoms with Gasteiger partial charge in [-0.3, -0.25) is 0 Å². The first kappa shape index (κ1) is 9.52. The number of imidazole rings is 1. The predicted molar refractivity (Wildman–Crippen MR) is 59.4 cm³/mol. The second-order valence-electron chi connectivity index (χ2n) is 3.18. The molecule has 0 spiro atoms. The Bertz CT molecular complexity index is 464. The van der Waals surface area contributed by atoms with Crippen LogP contribution in [0.4, 0.5) is 0 Å². The number of rotatable bonds is 2. The standard InChI is InChI=1S/C10H11BrN2O/c1-2-6-13-7-4-3-5-8(14)9(7)12-10(13)11/h3-5,14H,2,6H2,1H3. The molecule has 4 heteroatoms. The number of phenolic OH excluding ortho intramolecular Hbond substituents is 1. The molecule has 1 aromatic heterocycles. The second-order valence-corrected chi connectivity index (χ2v) is 3.89. The van der Waals surface area contributed by atoms with Crippen molar-refractivity contribution in [2.24, 2.45) is 0 Å². The van der Waals surface area contributed by atoms with Crippen molar-refractivity contribution in [3.05, 3.63) is 22.9 Å². The van der Waals surface area contributed by atoms with Crippen LogP contribution in [0.25, 0.3) is 11.0 Å². The highest BCUT2D eigenvalue weighted by molar-refractivity contribution is 9.10. The van der Waals surface area contributed by atoms with Crippen LogP contribution in [-0.4, -0.2) is 14.7 Å². The molecule has 0 fully saturated rings. The number of fused-ring (bicyclic) bond motifs is 1. The molecule has 2 rings (SSSR count). The van der Waals surface area contributed by atoms with Crippen molar-refractivity contribution in [3.8, 4) is 5.75 Å². The van der Waals surface area contributed by atoms with Crippen LogP contribution in [-0.2, 0) is 6.54 Å². The Hall–Kier alpha value is -1.03. The quantitative estimate of drug-likeness (QED) is 0.895. The lowest BCUT2D eigenvalue weighted by Crippen LogP contribution is -1.96. The topological polar surface area (TPSA) is 38.0 Å². The fourth-order valence-corrected chi connectivity index (χ4v) is 2.09. The number of para-hydroxylation sites is 1. The van der Waals surface area contributed by atoms with Crippen LogP contribution in [0.1, 0.15) is 13.3 Å². The Labute approximate surface area is 90.5 Å². The van der Waals surface area contributed by atoms with Crippen LogP contribution in [0.2, 0.25) is 0 Å². The molecular formula is C10H11BrN2O. The highest BCUT2D eigenvalue weighted by atomic mass is 79.9. The molecule has 3 nitrogen and oxygen atoms in total. The van der Waals surface area contributed by atoms with E-state index in [0.29, 0.717) is 5.52 Å². The molecule has 0 unspecified atom stereocenters. The summed E-state index contributed by atoms with van der Waals surface area (Å²) in [5.41, 5.74) is 1.63. The molecule has 0 aliphatic carbocycles. The lowest BCUT2D eigenvalue weighted by Gasteiger charge is -2.02. The number of benzene rings is 1. The maximum atomic E-state index is 9.58. The van der Waals surface area contributed by atoms with Gasteiger partial charge in [0, 0.05) is 6.54 Å². The molecule has 0 amide bonds. The van der Waals surface area contributed by atoms with E-state index in [1.54, 1.807) is 6.07 Å². The summed E-state index contributed by atoms with van der Waals surface area (Å²) in [5.74, 6) is 0.234. The summed E-state index contributed by atoms with van der Waals surface area (Å²) in [5, 5.41) is 9.58. The zero-order valence-electron chi connectivity index (χ0n) is 7.87. The third-order valence-electron chi connectivity index (χ3n) is 2.16. The molecule has 0 saturated heterocycles. The molecular weight excluding hydrogens is 244 g/mol. The Morgan fingerprint density at radius 2 is 2.29 bits per heavy atom. The zero-order chi connectivity index (χ0) is 10.1. The lowest BCUT2D eigenvalue weighted by molar-refractivity contribution is 0.480. The molecule has 1 aromatic carbocycles. The van der Waals surface area contributed by atoms with E-state index in [2.05, 4.69) is 32.4 Å². The van der Waals surface area contributed by atoms with E-state index in [1.165, 1.54) is 0 Å². The van der Waals surface area contributed by atoms with Crippen molar-refractivity contribution in [2.45, 2.75) is 19.9 Å². The number of phenols is 1. The lowest BCUT2D eigenvalue weighted by atomic mass is 10.3. The third kappa shape index (κ3) is 1.39. The molecule has 0 atom stereocenters. The van der Waals surface area contributed by atoms with E-state index < -0.39 is 0 Å². The van der Waals surface area contributed by atoms with Crippen LogP contribution in [0.5, 0.6) is 5.75 Å². The van der Waals surface area contributed by atoms with Crippen molar-refractivity contribution in [2.75, 3.05) is 0 Å². The van der Waals surface area contributed by atoms with E-state index >= 15 is 0 Å². The van der Waals surface area contributed by atoms with Gasteiger partial charge in [0.15, 0.2) is 4.73 Å². The Morgan fingerprint density at radius 1 is 1.50 bits per heavy atom. The molecule has 1 N–H and O–H groups in total. The summed E-state index contributed by atoms with van der Waals surface area (Å²) < 4.78 is 2.82. The molecule has 0 aliphatic heterocycles. The van der Waals surface area contributed by atoms with E-state index in [4.69, 9.17) is 0 Å². The largest absolute Gasteiger partial charge is 0.506 e. The molecule has 0 bridgehead atoms. The normalized spacial score (nSPS) is 11.0. The van der Waals surface area contributed by atoms with Crippen molar-refractivity contribution in [1.29, 1.82) is 0 Å². The van der Waals surface area contributed by atoms with Crippen molar-refractivity contribution >= 4 is 27.0 Å². The first-order chi connectivity index (χ1) is 6.74. The van der Waals surface area contributed by atoms with Crippen molar-refractivity contribution < 1.29 is 5.11 Å². The van der Waals surface area contributed by atoms with Gasteiger partial charge in [0.2, 0.25) is 0 Å². The average molecular weight is 255 g/mol. The fourth-order valence-electron chi connectivity index (χ4n) is 1.54. The van der Waals surface area contributed by atoms with Gasteiger partial charge in [-0.15, -0.1) is 0 Å². The van der Waals surface area contributed by atoms with Crippen LogP contribution in [0.15, 0.2) is 22.9 Å². The van der Waals surface area contributed by atoms with E-state index in [1.807, 2.05) is 12.1 Å². The smallest absolute Gasteiger partial charge is 0.178 e. The van der Waals surface area contributed by atoms with Gasteiger partial charge in [0.05, 0.1) is 5.52 Å². The predicted octanol–water partition coefficient (Wildman–Crippen LogP) is 2.91. The molecule has 0 aliphatic rings. The first-order valence-electron chi connectivity index (χ1n) is 4.57. The SMILES string of the molecule is CCCn1c(Br)nc2c(O)cccc21. The van der Waals surface area contributed by atoms with Crippen LogP contribution in [0.3, 0.4) is 0 Å². The minimum Gasteiger partial charge on any atom is -0.506 e. The molecule has 2 aromatic rings. The van der Waals surface area contributed by atoms with Gasteiger partial charge in [-0.05, 0) is 34.5 Å². The summed E-state index contributed by atoms with van der Waals surface area (Å²) in [6.07, 6.45) is 1.04. The summed E-state index contributed by atoms with van der Waals surface area (Å²) in [6, 6.07) is 5.44. The third-order valence-corrected chi connectivity index (χ3v) is 2.76. The Kier molecular flexibility index (Phi) is 2.46. The highest BCUT2D eigenvalue weighted by Gasteiger charge is 2.09. The number of hydrogen-bond acceptors (Lipinski definition) is 2. The van der Waals surface area contributed by atoms with Gasteiger partial charge in [0.25, 0.3) is 0 Å². The first-order valence-corrected chi connectivity index (χ1v) is 5.37. The Balaban J connectivity index is 2.70. The van der Waals surface area contributed by atoms with Crippen molar-refractivity contribution in [3.63, 3.8) is 0 Å². The second kappa shape index (κ2) is 3.61. The minimum atomic E-state index is 0.234. The number of aryl methyl sites for hydroxylation is 1. The molecule has 0 saturated carbocycles. The average Bonchev–Trinajstić information content (AvgIpc) is 2.47. The number of halogens is 1. The van der Waals surface area contributed by atoms with Gasteiger partial charge < -0.3 is 9.67 Å². The number of nitrogens with zero attached hydrogens (tertiary/aromatic N) is 2. The van der Waals surface area contributed by atoms with E-state index in [9.17, 15) is 5.11 Å². The summed E-state index contributed by atoms with van der Waals surface area (Å²) in [6.45, 7) is 3.02. The van der Waals surface area contributed by atoms with Crippen LogP contribution >= 0.6 is 15.9 Å². The maximum absolute atomic E-state index is 9.58. The van der Waals surface area contributed by atoms with Crippen molar-refractivity contribution in [1.82, 2.24) is 9.55 Å². The Morgan fingerprint density at radius 3 is 3.00 bits per heavy atom. The van der Waals surface area contributed by atoms with Crippen LogP contribution in [0, 0.1) is 0 Å². The van der Waals surface area contributed by atoms with Crippen LogP contribution < -0.4 is 0 Å². The summed E-state index contributed by atoms with van der Waals surface area (Å²) >= 11 is 3.39. The molecule has 1 heterocycles. The molecule has 14 heavy (non-hydrogen) atoms.